The molecule has 0 radical (unpaired) electrons. The zero-order valence-corrected chi connectivity index (χ0v) is 17.4. The van der Waals surface area contributed by atoms with Crippen LogP contribution < -0.4 is 10.1 Å². The maximum Gasteiger partial charge on any atom is 0.231 e. The number of methoxy groups -OCH3 is 1. The summed E-state index contributed by atoms with van der Waals surface area (Å²) < 4.78 is 24.2. The molecule has 0 bridgehead atoms. The Balaban J connectivity index is 1.32. The molecule has 1 fully saturated rings. The van der Waals surface area contributed by atoms with Crippen molar-refractivity contribution in [1.29, 1.82) is 0 Å². The fourth-order valence-electron chi connectivity index (χ4n) is 3.83. The van der Waals surface area contributed by atoms with E-state index in [1.807, 2.05) is 24.3 Å². The van der Waals surface area contributed by atoms with E-state index in [4.69, 9.17) is 9.26 Å². The number of carbonyl (C=O) groups excluding carboxylic acids is 1. The number of rotatable bonds is 7. The Hall–Kier alpha value is -3.26. The number of halogens is 1. The lowest BCUT2D eigenvalue weighted by Crippen LogP contribution is -2.36. The number of nitrogens with one attached hydrogen (secondary N) is 1. The Morgan fingerprint density at radius 2 is 2.16 bits per heavy atom. The molecule has 1 amide bonds. The molecule has 1 unspecified atom stereocenters. The number of likely N-dealkylation sites (tertiary alicyclic amines) is 1. The predicted octanol–water partition coefficient (Wildman–Crippen LogP) is 4.09. The molecule has 0 saturated carbocycles. The number of piperidine rings is 1. The Labute approximate surface area is 180 Å². The van der Waals surface area contributed by atoms with E-state index < -0.39 is 0 Å². The first-order valence-electron chi connectivity index (χ1n) is 10.4. The number of aromatic nitrogens is 2. The fourth-order valence-corrected chi connectivity index (χ4v) is 3.83. The summed E-state index contributed by atoms with van der Waals surface area (Å²) in [6, 6.07) is 13.5. The van der Waals surface area contributed by atoms with Gasteiger partial charge in [0, 0.05) is 25.1 Å². The summed E-state index contributed by atoms with van der Waals surface area (Å²) in [4.78, 5) is 19.1. The van der Waals surface area contributed by atoms with Gasteiger partial charge in [-0.05, 0) is 43.7 Å². The molecule has 1 saturated heterocycles. The van der Waals surface area contributed by atoms with Crippen LogP contribution in [0.1, 0.15) is 31.1 Å². The van der Waals surface area contributed by atoms with Gasteiger partial charge in [-0.3, -0.25) is 4.79 Å². The van der Waals surface area contributed by atoms with E-state index in [0.717, 1.165) is 25.9 Å². The lowest BCUT2D eigenvalue weighted by Gasteiger charge is -2.30. The highest BCUT2D eigenvalue weighted by Crippen LogP contribution is 2.28. The molecule has 0 aliphatic carbocycles. The number of anilines is 1. The molecule has 1 aromatic heterocycles. The van der Waals surface area contributed by atoms with Gasteiger partial charge in [0.2, 0.25) is 17.6 Å². The second-order valence-corrected chi connectivity index (χ2v) is 7.60. The van der Waals surface area contributed by atoms with Gasteiger partial charge in [0.15, 0.2) is 0 Å². The largest absolute Gasteiger partial charge is 0.495 e. The van der Waals surface area contributed by atoms with Gasteiger partial charge in [0.05, 0.1) is 18.7 Å². The van der Waals surface area contributed by atoms with Crippen molar-refractivity contribution >= 4 is 11.6 Å². The normalized spacial score (nSPS) is 16.8. The highest BCUT2D eigenvalue weighted by molar-refractivity contribution is 5.92. The van der Waals surface area contributed by atoms with Gasteiger partial charge in [-0.15, -0.1) is 0 Å². The SMILES string of the molecule is COc1ccccc1NC(=O)CCN1CCCC(c2nc(-c3cccc(F)c3)no2)C1. The van der Waals surface area contributed by atoms with Gasteiger partial charge in [-0.2, -0.15) is 4.98 Å². The third-order valence-corrected chi connectivity index (χ3v) is 5.42. The molecular formula is C23H25FN4O3. The maximum atomic E-state index is 13.5. The molecule has 31 heavy (non-hydrogen) atoms. The van der Waals surface area contributed by atoms with Gasteiger partial charge in [0.1, 0.15) is 11.6 Å². The van der Waals surface area contributed by atoms with Gasteiger partial charge < -0.3 is 19.5 Å². The highest BCUT2D eigenvalue weighted by atomic mass is 19.1. The first-order chi connectivity index (χ1) is 15.1. The van der Waals surface area contributed by atoms with Crippen LogP contribution in [0.15, 0.2) is 53.1 Å². The summed E-state index contributed by atoms with van der Waals surface area (Å²) >= 11 is 0. The first-order valence-corrected chi connectivity index (χ1v) is 10.4. The zero-order chi connectivity index (χ0) is 21.6. The lowest BCUT2D eigenvalue weighted by molar-refractivity contribution is -0.116. The number of para-hydroxylation sites is 2. The third-order valence-electron chi connectivity index (χ3n) is 5.42. The molecule has 162 valence electrons. The van der Waals surface area contributed by atoms with Crippen molar-refractivity contribution in [3.8, 4) is 17.1 Å². The number of benzene rings is 2. The van der Waals surface area contributed by atoms with Crippen LogP contribution in [0.2, 0.25) is 0 Å². The average molecular weight is 424 g/mol. The van der Waals surface area contributed by atoms with Gasteiger partial charge in [-0.25, -0.2) is 4.39 Å². The van der Waals surface area contributed by atoms with Crippen molar-refractivity contribution in [3.05, 3.63) is 60.2 Å². The van der Waals surface area contributed by atoms with Crippen LogP contribution in [-0.2, 0) is 4.79 Å². The number of nitrogens with zero attached hydrogens (tertiary/aromatic N) is 3. The van der Waals surface area contributed by atoms with Crippen molar-refractivity contribution in [2.24, 2.45) is 0 Å². The summed E-state index contributed by atoms with van der Waals surface area (Å²) in [6.07, 6.45) is 2.30. The van der Waals surface area contributed by atoms with E-state index in [9.17, 15) is 9.18 Å². The summed E-state index contributed by atoms with van der Waals surface area (Å²) in [5, 5.41) is 6.93. The molecular weight excluding hydrogens is 399 g/mol. The standard InChI is InChI=1S/C23H25FN4O3/c1-30-20-10-3-2-9-19(20)25-21(29)11-13-28-12-5-7-17(15-28)23-26-22(27-31-23)16-6-4-8-18(24)14-16/h2-4,6,8-10,14,17H,5,7,11-13,15H2,1H3,(H,25,29). The number of ether oxygens (including phenoxy) is 1. The zero-order valence-electron chi connectivity index (χ0n) is 17.4. The average Bonchev–Trinajstić information content (AvgIpc) is 3.29. The number of hydrogen-bond acceptors (Lipinski definition) is 6. The molecule has 1 aliphatic rings. The molecule has 7 nitrogen and oxygen atoms in total. The highest BCUT2D eigenvalue weighted by Gasteiger charge is 2.26. The Bertz CT molecular complexity index is 1040. The molecule has 2 aromatic carbocycles. The third kappa shape index (κ3) is 5.27. The van der Waals surface area contributed by atoms with Crippen LogP contribution in [0.5, 0.6) is 5.75 Å². The second-order valence-electron chi connectivity index (χ2n) is 7.60. The molecule has 1 atom stereocenters. The number of carbonyl (C=O) groups is 1. The van der Waals surface area contributed by atoms with Gasteiger partial charge >= 0.3 is 0 Å². The molecule has 0 spiro atoms. The topological polar surface area (TPSA) is 80.5 Å². The Morgan fingerprint density at radius 3 is 3.00 bits per heavy atom. The van der Waals surface area contributed by atoms with Crippen LogP contribution in [0.4, 0.5) is 10.1 Å². The van der Waals surface area contributed by atoms with Crippen LogP contribution >= 0.6 is 0 Å². The number of amides is 1. The van der Waals surface area contributed by atoms with Crippen molar-refractivity contribution in [2.75, 3.05) is 32.1 Å². The van der Waals surface area contributed by atoms with E-state index in [1.54, 1.807) is 19.2 Å². The molecule has 1 aliphatic heterocycles. The van der Waals surface area contributed by atoms with E-state index in [2.05, 4.69) is 20.4 Å². The minimum Gasteiger partial charge on any atom is -0.495 e. The summed E-state index contributed by atoms with van der Waals surface area (Å²) in [7, 11) is 1.58. The molecule has 4 rings (SSSR count). The van der Waals surface area contributed by atoms with Crippen molar-refractivity contribution in [3.63, 3.8) is 0 Å². The van der Waals surface area contributed by atoms with E-state index in [0.29, 0.717) is 41.7 Å². The Kier molecular flexibility index (Phi) is 6.57. The molecule has 1 N–H and O–H groups in total. The van der Waals surface area contributed by atoms with Crippen molar-refractivity contribution < 1.29 is 18.4 Å². The van der Waals surface area contributed by atoms with Crippen LogP contribution in [0.3, 0.4) is 0 Å². The predicted molar refractivity (Wildman–Crippen MR) is 114 cm³/mol. The van der Waals surface area contributed by atoms with E-state index in [-0.39, 0.29) is 17.6 Å². The van der Waals surface area contributed by atoms with Crippen LogP contribution in [0.25, 0.3) is 11.4 Å². The minimum atomic E-state index is -0.334. The molecule has 8 heteroatoms. The maximum absolute atomic E-state index is 13.5. The molecule has 3 aromatic rings. The lowest BCUT2D eigenvalue weighted by atomic mass is 9.98. The Morgan fingerprint density at radius 1 is 1.29 bits per heavy atom. The minimum absolute atomic E-state index is 0.0576. The van der Waals surface area contributed by atoms with Crippen LogP contribution in [-0.4, -0.2) is 47.7 Å². The van der Waals surface area contributed by atoms with Gasteiger partial charge in [-0.1, -0.05) is 29.4 Å². The quantitative estimate of drug-likeness (QED) is 0.615. The first kappa shape index (κ1) is 21.0. The summed E-state index contributed by atoms with van der Waals surface area (Å²) in [5.74, 6) is 1.29. The van der Waals surface area contributed by atoms with Crippen LogP contribution in [0, 0.1) is 5.82 Å². The number of hydrogen-bond donors (Lipinski definition) is 1. The van der Waals surface area contributed by atoms with Gasteiger partial charge in [0.25, 0.3) is 0 Å². The van der Waals surface area contributed by atoms with Crippen molar-refractivity contribution in [2.45, 2.75) is 25.2 Å². The fraction of sp³-hybridized carbons (Fsp3) is 0.348. The smallest absolute Gasteiger partial charge is 0.231 e. The monoisotopic (exact) mass is 424 g/mol. The van der Waals surface area contributed by atoms with E-state index in [1.165, 1.54) is 12.1 Å². The molecule has 2 heterocycles. The second kappa shape index (κ2) is 9.70. The van der Waals surface area contributed by atoms with E-state index >= 15 is 0 Å². The van der Waals surface area contributed by atoms with Crippen molar-refractivity contribution in [1.82, 2.24) is 15.0 Å². The summed E-state index contributed by atoms with van der Waals surface area (Å²) in [6.45, 7) is 2.30. The summed E-state index contributed by atoms with van der Waals surface area (Å²) in [5.41, 5.74) is 1.26.